The summed E-state index contributed by atoms with van der Waals surface area (Å²) in [6.45, 7) is 4.27. The van der Waals surface area contributed by atoms with E-state index in [4.69, 9.17) is 0 Å². The third-order valence-corrected chi connectivity index (χ3v) is 5.45. The summed E-state index contributed by atoms with van der Waals surface area (Å²) in [7, 11) is 4.45. The molecule has 6 heterocycles. The quantitative estimate of drug-likeness (QED) is 0.198. The van der Waals surface area contributed by atoms with Crippen LogP contribution in [0.15, 0.2) is 97.6 Å². The second-order valence-corrected chi connectivity index (χ2v) is 7.12. The number of hydrogen-bond donors (Lipinski definition) is 0. The van der Waals surface area contributed by atoms with E-state index in [1.165, 1.54) is 22.8 Å². The van der Waals surface area contributed by atoms with Crippen LogP contribution in [0, 0.1) is 0 Å². The maximum atomic E-state index is 4.45. The van der Waals surface area contributed by atoms with Crippen molar-refractivity contribution < 1.29 is 57.2 Å². The largest absolute Gasteiger partial charge is 0.277 e. The van der Waals surface area contributed by atoms with Crippen molar-refractivity contribution in [1.82, 2.24) is 0 Å². The fourth-order valence-corrected chi connectivity index (χ4v) is 4.05. The summed E-state index contributed by atoms with van der Waals surface area (Å²) < 4.78 is 9.20. The Morgan fingerprint density at radius 1 is 0.469 bits per heavy atom. The van der Waals surface area contributed by atoms with E-state index in [0.29, 0.717) is 0 Å². The molecule has 2 aliphatic heterocycles. The Labute approximate surface area is 224 Å². The molecule has 0 bridgehead atoms. The van der Waals surface area contributed by atoms with Crippen LogP contribution in [0.4, 0.5) is 0 Å². The predicted octanol–water partition coefficient (Wildman–Crippen LogP) is 3.41. The maximum Gasteiger partial charge on any atom is 0.277 e. The van der Waals surface area contributed by atoms with E-state index in [-0.39, 0.29) is 0 Å². The topological polar surface area (TPSA) is 15.5 Å². The second kappa shape index (κ2) is 13.5. The van der Waals surface area contributed by atoms with Crippen molar-refractivity contribution in [3.05, 3.63) is 97.6 Å². The van der Waals surface area contributed by atoms with E-state index in [0.717, 1.165) is 26.2 Å². The van der Waals surface area contributed by atoms with E-state index in [9.17, 15) is 0 Å². The van der Waals surface area contributed by atoms with Crippen LogP contribution in [0.2, 0.25) is 0 Å². The molecule has 4 aromatic heterocycles. The molecule has 4 nitrogen and oxygen atoms in total. The number of aryl methyl sites for hydroxylation is 4. The maximum absolute atomic E-state index is 4.45. The standard InChI is InChI=1S/2C12H12N2.2Ag.BrH.ClH/c2*1-3-7-13-9-10-14-8-4-2-6-12(14)11(13)5-1;;;;/h2*1-8H,9-10H2;;;2*1H/q2*+2;2*+1;;/p-2. The number of pyridine rings is 4. The number of nitrogens with zero attached hydrogens (tertiary/aromatic N) is 4. The Morgan fingerprint density at radius 3 is 0.906 bits per heavy atom. The number of halogens is 2. The van der Waals surface area contributed by atoms with Crippen LogP contribution in [0.1, 0.15) is 0 Å². The van der Waals surface area contributed by atoms with Crippen molar-refractivity contribution in [1.29, 1.82) is 0 Å². The summed E-state index contributed by atoms with van der Waals surface area (Å²) in [4.78, 5) is 0. The molecule has 0 atom stereocenters. The fraction of sp³-hybridized carbons (Fsp3) is 0.167. The normalized spacial score (nSPS) is 11.9. The van der Waals surface area contributed by atoms with Gasteiger partial charge >= 0.3 is 61.1 Å². The van der Waals surface area contributed by atoms with Crippen molar-refractivity contribution in [2.45, 2.75) is 26.2 Å². The van der Waals surface area contributed by atoms with E-state index in [2.05, 4.69) is 177 Å². The van der Waals surface area contributed by atoms with Crippen molar-refractivity contribution in [2.75, 3.05) is 0 Å². The molecule has 8 heteroatoms. The molecule has 0 amide bonds. The van der Waals surface area contributed by atoms with Crippen LogP contribution < -0.4 is 18.3 Å². The first-order chi connectivity index (χ1) is 15.9. The van der Waals surface area contributed by atoms with Gasteiger partial charge in [0.25, 0.3) is 22.8 Å². The first kappa shape index (κ1) is 25.5. The Hall–Kier alpha value is -1.15. The number of fused-ring (bicyclic) bond motifs is 6. The van der Waals surface area contributed by atoms with E-state index < -0.39 is 0 Å². The third kappa shape index (κ3) is 6.04. The molecule has 4 aromatic rings. The zero-order valence-corrected chi connectivity index (χ0v) is 22.5. The van der Waals surface area contributed by atoms with Gasteiger partial charge in [-0.1, -0.05) is 0 Å². The van der Waals surface area contributed by atoms with Gasteiger partial charge in [0.15, 0.2) is 24.8 Å². The number of rotatable bonds is 0. The molecule has 0 spiro atoms. The molecule has 0 saturated carbocycles. The zero-order chi connectivity index (χ0) is 22.8. The summed E-state index contributed by atoms with van der Waals surface area (Å²) in [6.07, 6.45) is 8.58. The number of hydrogen-bond acceptors (Lipinski definition) is 0. The van der Waals surface area contributed by atoms with Gasteiger partial charge in [-0.2, -0.15) is 18.3 Å². The summed E-state index contributed by atoms with van der Waals surface area (Å²) in [5.41, 5.74) is 5.22. The van der Waals surface area contributed by atoms with Crippen molar-refractivity contribution >= 4 is 22.2 Å². The van der Waals surface area contributed by atoms with Crippen LogP contribution in [-0.4, -0.2) is 0 Å². The van der Waals surface area contributed by atoms with Gasteiger partial charge in [0.1, 0.15) is 0 Å². The Kier molecular flexibility index (Phi) is 10.8. The van der Waals surface area contributed by atoms with Gasteiger partial charge in [-0.15, -0.1) is 0 Å². The van der Waals surface area contributed by atoms with Crippen LogP contribution in [-0.2, 0) is 65.1 Å². The van der Waals surface area contributed by atoms with E-state index in [1.54, 1.807) is 0 Å². The molecular formula is C24H24Ag2BrClN4+4. The van der Waals surface area contributed by atoms with Gasteiger partial charge in [-0.25, -0.2) is 0 Å². The van der Waals surface area contributed by atoms with Gasteiger partial charge < -0.3 is 0 Å². The number of aromatic nitrogens is 4. The average Bonchev–Trinajstić information content (AvgIpc) is 2.91. The van der Waals surface area contributed by atoms with Gasteiger partial charge in [-0.05, 0) is 24.3 Å². The Morgan fingerprint density at radius 2 is 0.688 bits per heavy atom. The van der Waals surface area contributed by atoms with Crippen molar-refractivity contribution in [3.63, 3.8) is 0 Å². The first-order valence-corrected chi connectivity index (χ1v) is 15.4. The van der Waals surface area contributed by atoms with Crippen LogP contribution >= 0.6 is 22.2 Å². The van der Waals surface area contributed by atoms with Crippen molar-refractivity contribution in [3.8, 4) is 22.8 Å². The smallest absolute Gasteiger partial charge is 0.187 e. The summed E-state index contributed by atoms with van der Waals surface area (Å²) in [6, 6.07) is 25.4. The minimum atomic E-state index is 1.07. The molecule has 0 N–H and O–H groups in total. The van der Waals surface area contributed by atoms with Crippen LogP contribution in [0.3, 0.4) is 0 Å². The molecular weight excluding hydrogens is 675 g/mol. The third-order valence-electron chi connectivity index (χ3n) is 5.45. The van der Waals surface area contributed by atoms with Gasteiger partial charge in [0.05, 0.1) is 0 Å². The first-order valence-electron chi connectivity index (χ1n) is 10.1. The fourth-order valence-electron chi connectivity index (χ4n) is 4.05. The molecule has 2 aliphatic rings. The molecule has 0 aliphatic carbocycles. The summed E-state index contributed by atoms with van der Waals surface area (Å²) in [5.74, 6) is 0. The second-order valence-electron chi connectivity index (χ2n) is 7.12. The van der Waals surface area contributed by atoms with E-state index >= 15 is 0 Å². The molecule has 0 fully saturated rings. The minimum absolute atomic E-state index is 1.07. The predicted molar refractivity (Wildman–Crippen MR) is 119 cm³/mol. The van der Waals surface area contributed by atoms with Crippen LogP contribution in [0.5, 0.6) is 0 Å². The van der Waals surface area contributed by atoms with Crippen molar-refractivity contribution in [2.24, 2.45) is 0 Å². The molecule has 0 saturated heterocycles. The summed E-state index contributed by atoms with van der Waals surface area (Å²) in [5, 5.41) is 0. The molecule has 0 radical (unpaired) electrons. The average molecular weight is 700 g/mol. The molecule has 172 valence electrons. The zero-order valence-electron chi connectivity index (χ0n) is 17.2. The minimum Gasteiger partial charge on any atom is -0.187 e. The SMILES string of the molecule is [Br][Ag].[Cl][Ag].c1cc[n+]2c(c1)-c1cccc[n+]1CC2.c1cc[n+]2c(c1)-c1cccc[n+]1CC2. The Bertz CT molecular complexity index is 978. The van der Waals surface area contributed by atoms with Gasteiger partial charge in [-0.3, -0.25) is 0 Å². The Balaban J connectivity index is 0.000000157. The summed E-state index contributed by atoms with van der Waals surface area (Å²) >= 11 is 7.93. The van der Waals surface area contributed by atoms with Gasteiger partial charge in [0.2, 0.25) is 26.2 Å². The van der Waals surface area contributed by atoms with Gasteiger partial charge in [0, 0.05) is 48.5 Å². The molecule has 32 heavy (non-hydrogen) atoms. The van der Waals surface area contributed by atoms with Crippen LogP contribution in [0.25, 0.3) is 22.8 Å². The monoisotopic (exact) mass is 696 g/mol. The molecule has 0 unspecified atom stereocenters. The molecule has 6 rings (SSSR count). The van der Waals surface area contributed by atoms with E-state index in [1.807, 2.05) is 0 Å². The molecule has 0 aromatic carbocycles.